The highest BCUT2D eigenvalue weighted by Crippen LogP contribution is 2.23. The normalized spacial score (nSPS) is 13.3. The molecule has 0 atom stereocenters. The molecule has 0 aliphatic carbocycles. The summed E-state index contributed by atoms with van der Waals surface area (Å²) in [6, 6.07) is 9.27. The van der Waals surface area contributed by atoms with Crippen LogP contribution >= 0.6 is 0 Å². The van der Waals surface area contributed by atoms with E-state index in [1.165, 1.54) is 30.5 Å². The highest BCUT2D eigenvalue weighted by Gasteiger charge is 2.38. The number of pyridine rings is 1. The second kappa shape index (κ2) is 4.82. The van der Waals surface area contributed by atoms with Crippen LogP contribution in [-0.4, -0.2) is 27.8 Å². The molecule has 1 aliphatic heterocycles. The van der Waals surface area contributed by atoms with E-state index < -0.39 is 17.8 Å². The van der Waals surface area contributed by atoms with E-state index in [-0.39, 0.29) is 16.7 Å². The molecule has 0 bridgehead atoms. The maximum absolute atomic E-state index is 12.1. The van der Waals surface area contributed by atoms with Crippen molar-refractivity contribution in [2.45, 2.75) is 6.92 Å². The molecule has 0 spiro atoms. The molecular weight excluding hydrogens is 272 g/mol. The molecule has 2 amide bonds. The molecule has 21 heavy (non-hydrogen) atoms. The largest absolute Gasteiger partial charge is 0.364 e. The lowest BCUT2D eigenvalue weighted by Crippen LogP contribution is -2.32. The summed E-state index contributed by atoms with van der Waals surface area (Å²) in [5.74, 6) is -2.07. The lowest BCUT2D eigenvalue weighted by Gasteiger charge is -2.12. The lowest BCUT2D eigenvalue weighted by molar-refractivity contribution is -0.0584. The van der Waals surface area contributed by atoms with Crippen molar-refractivity contribution in [3.8, 4) is 0 Å². The van der Waals surface area contributed by atoms with Gasteiger partial charge in [0.05, 0.1) is 16.7 Å². The number of carbonyl (C=O) groups is 3. The van der Waals surface area contributed by atoms with Crippen molar-refractivity contribution < 1.29 is 19.2 Å². The summed E-state index contributed by atoms with van der Waals surface area (Å²) in [5.41, 5.74) is 1.30. The quantitative estimate of drug-likeness (QED) is 0.784. The Balaban J connectivity index is 1.85. The molecular formula is C15H10N2O4. The van der Waals surface area contributed by atoms with Crippen LogP contribution in [0.15, 0.2) is 42.6 Å². The van der Waals surface area contributed by atoms with Crippen molar-refractivity contribution in [1.82, 2.24) is 10.0 Å². The number of hydrogen-bond donors (Lipinski definition) is 0. The van der Waals surface area contributed by atoms with Crippen LogP contribution < -0.4 is 0 Å². The Morgan fingerprint density at radius 3 is 2.29 bits per heavy atom. The molecule has 0 saturated carbocycles. The van der Waals surface area contributed by atoms with Gasteiger partial charge in [-0.2, -0.15) is 0 Å². The minimum atomic E-state index is -0.782. The maximum atomic E-state index is 12.1. The number of nitrogens with zero attached hydrogens (tertiary/aromatic N) is 2. The van der Waals surface area contributed by atoms with Crippen LogP contribution in [0.5, 0.6) is 0 Å². The molecule has 0 fully saturated rings. The van der Waals surface area contributed by atoms with Crippen molar-refractivity contribution in [2.24, 2.45) is 0 Å². The number of rotatable bonds is 2. The van der Waals surface area contributed by atoms with Crippen molar-refractivity contribution in [1.29, 1.82) is 0 Å². The Kier molecular flexibility index (Phi) is 2.98. The summed E-state index contributed by atoms with van der Waals surface area (Å²) >= 11 is 0. The van der Waals surface area contributed by atoms with Gasteiger partial charge in [0.2, 0.25) is 0 Å². The summed E-state index contributed by atoms with van der Waals surface area (Å²) in [5, 5.41) is 0.489. The van der Waals surface area contributed by atoms with E-state index in [1.54, 1.807) is 19.1 Å². The molecule has 104 valence electrons. The van der Waals surface area contributed by atoms with Gasteiger partial charge in [0.1, 0.15) is 0 Å². The number of hydrogen-bond acceptors (Lipinski definition) is 5. The number of amides is 2. The number of hydroxylamine groups is 2. The number of aryl methyl sites for hydroxylation is 1. The second-order valence-electron chi connectivity index (χ2n) is 4.51. The van der Waals surface area contributed by atoms with E-state index in [4.69, 9.17) is 4.84 Å². The van der Waals surface area contributed by atoms with Crippen LogP contribution in [0.25, 0.3) is 0 Å². The molecule has 6 nitrogen and oxygen atoms in total. The topological polar surface area (TPSA) is 76.6 Å². The summed E-state index contributed by atoms with van der Waals surface area (Å²) in [6.45, 7) is 1.72. The Morgan fingerprint density at radius 2 is 1.71 bits per heavy atom. The van der Waals surface area contributed by atoms with Gasteiger partial charge in [-0.1, -0.05) is 17.2 Å². The second-order valence-corrected chi connectivity index (χ2v) is 4.51. The van der Waals surface area contributed by atoms with Crippen LogP contribution in [0, 0.1) is 6.92 Å². The van der Waals surface area contributed by atoms with Gasteiger partial charge in [0.25, 0.3) is 11.8 Å². The van der Waals surface area contributed by atoms with Gasteiger partial charge in [-0.05, 0) is 31.2 Å². The van der Waals surface area contributed by atoms with E-state index in [0.29, 0.717) is 10.8 Å². The number of carbonyl (C=O) groups excluding carboxylic acids is 3. The minimum Gasteiger partial charge on any atom is -0.324 e. The first-order chi connectivity index (χ1) is 10.1. The third-order valence-electron chi connectivity index (χ3n) is 3.06. The van der Waals surface area contributed by atoms with E-state index in [1.807, 2.05) is 0 Å². The number of fused-ring (bicyclic) bond motifs is 1. The van der Waals surface area contributed by atoms with Gasteiger partial charge >= 0.3 is 5.97 Å². The zero-order chi connectivity index (χ0) is 15.0. The maximum Gasteiger partial charge on any atom is 0.364 e. The van der Waals surface area contributed by atoms with Crippen LogP contribution in [0.4, 0.5) is 0 Å². The van der Waals surface area contributed by atoms with Gasteiger partial charge in [-0.3, -0.25) is 14.6 Å². The summed E-state index contributed by atoms with van der Waals surface area (Å²) < 4.78 is 0. The van der Waals surface area contributed by atoms with Crippen molar-refractivity contribution in [3.05, 3.63) is 65.0 Å². The van der Waals surface area contributed by atoms with E-state index in [2.05, 4.69) is 4.98 Å². The predicted molar refractivity (Wildman–Crippen MR) is 71.3 cm³/mol. The fraction of sp³-hybridized carbons (Fsp3) is 0.0667. The third kappa shape index (κ3) is 2.16. The van der Waals surface area contributed by atoms with Crippen molar-refractivity contribution in [3.63, 3.8) is 0 Å². The van der Waals surface area contributed by atoms with Gasteiger partial charge in [0.15, 0.2) is 0 Å². The summed E-state index contributed by atoms with van der Waals surface area (Å²) in [4.78, 5) is 45.0. The fourth-order valence-corrected chi connectivity index (χ4v) is 2.06. The van der Waals surface area contributed by atoms with Crippen LogP contribution in [-0.2, 0) is 4.84 Å². The molecule has 1 aromatic heterocycles. The summed E-state index contributed by atoms with van der Waals surface area (Å²) in [6.07, 6.45) is 1.45. The molecule has 1 aromatic carbocycles. The Bertz CT molecular complexity index is 735. The number of benzene rings is 1. The molecule has 2 aromatic rings. The Morgan fingerprint density at radius 1 is 1.10 bits per heavy atom. The monoisotopic (exact) mass is 282 g/mol. The molecule has 1 aliphatic rings. The number of imide groups is 1. The van der Waals surface area contributed by atoms with E-state index >= 15 is 0 Å². The highest BCUT2D eigenvalue weighted by molar-refractivity contribution is 6.21. The predicted octanol–water partition coefficient (Wildman–Crippen LogP) is 1.76. The van der Waals surface area contributed by atoms with Crippen LogP contribution in [0.1, 0.15) is 36.8 Å². The van der Waals surface area contributed by atoms with Gasteiger partial charge in [-0.25, -0.2) is 4.79 Å². The smallest absolute Gasteiger partial charge is 0.324 e. The standard InChI is InChI=1S/C15H10N2O4/c1-9-8-10(6-7-16-9)15(20)21-17-13(18)11-4-2-3-5-12(11)14(17)19/h2-8H,1H3. The average molecular weight is 282 g/mol. The molecule has 0 saturated heterocycles. The first kappa shape index (κ1) is 13.0. The molecule has 0 unspecified atom stereocenters. The van der Waals surface area contributed by atoms with Crippen LogP contribution in [0.2, 0.25) is 0 Å². The molecule has 0 radical (unpaired) electrons. The van der Waals surface area contributed by atoms with Crippen molar-refractivity contribution >= 4 is 17.8 Å². The molecule has 0 N–H and O–H groups in total. The average Bonchev–Trinajstić information content (AvgIpc) is 2.73. The molecule has 2 heterocycles. The summed E-state index contributed by atoms with van der Waals surface area (Å²) in [7, 11) is 0. The van der Waals surface area contributed by atoms with Crippen molar-refractivity contribution in [2.75, 3.05) is 0 Å². The zero-order valence-corrected chi connectivity index (χ0v) is 11.1. The first-order valence-corrected chi connectivity index (χ1v) is 6.20. The highest BCUT2D eigenvalue weighted by atomic mass is 16.7. The molecule has 6 heteroatoms. The van der Waals surface area contributed by atoms with Gasteiger partial charge < -0.3 is 4.84 Å². The Hall–Kier alpha value is -3.02. The first-order valence-electron chi connectivity index (χ1n) is 6.20. The van der Waals surface area contributed by atoms with Gasteiger partial charge in [-0.15, -0.1) is 0 Å². The van der Waals surface area contributed by atoms with Gasteiger partial charge in [0, 0.05) is 11.9 Å². The number of aromatic nitrogens is 1. The van der Waals surface area contributed by atoms with E-state index in [0.717, 1.165) is 0 Å². The Labute approximate surface area is 119 Å². The minimum absolute atomic E-state index is 0.221. The zero-order valence-electron chi connectivity index (χ0n) is 11.1. The SMILES string of the molecule is Cc1cc(C(=O)ON2C(=O)c3ccccc3C2=O)ccn1. The van der Waals surface area contributed by atoms with E-state index in [9.17, 15) is 14.4 Å². The van der Waals surface area contributed by atoms with Crippen LogP contribution in [0.3, 0.4) is 0 Å². The fourth-order valence-electron chi connectivity index (χ4n) is 2.06. The lowest BCUT2D eigenvalue weighted by atomic mass is 10.1. The third-order valence-corrected chi connectivity index (χ3v) is 3.06. The molecule has 3 rings (SSSR count).